The van der Waals surface area contributed by atoms with Gasteiger partial charge in [-0.2, -0.15) is 0 Å². The van der Waals surface area contributed by atoms with E-state index in [4.69, 9.17) is 16.3 Å². The van der Waals surface area contributed by atoms with Gasteiger partial charge in [0.2, 0.25) is 0 Å². The van der Waals surface area contributed by atoms with Crippen LogP contribution in [-0.2, 0) is 4.79 Å². The Morgan fingerprint density at radius 3 is 2.41 bits per heavy atom. The number of carbonyl (C=O) groups is 2. The van der Waals surface area contributed by atoms with Crippen molar-refractivity contribution in [2.45, 2.75) is 13.8 Å². The third kappa shape index (κ3) is 4.33. The van der Waals surface area contributed by atoms with Crippen LogP contribution in [0, 0.1) is 6.92 Å². The number of hydrogen-bond donors (Lipinski definition) is 1. The number of carbonyl (C=O) groups excluding carboxylic acids is 2. The van der Waals surface area contributed by atoms with E-state index in [0.717, 1.165) is 5.56 Å². The zero-order chi connectivity index (χ0) is 16.1. The van der Waals surface area contributed by atoms with E-state index in [-0.39, 0.29) is 18.3 Å². The summed E-state index contributed by atoms with van der Waals surface area (Å²) in [5.41, 5.74) is 2.09. The molecular formula is C17H16ClNO3. The molecule has 2 aromatic carbocycles. The Morgan fingerprint density at radius 2 is 1.82 bits per heavy atom. The van der Waals surface area contributed by atoms with Gasteiger partial charge in [0.05, 0.1) is 0 Å². The average molecular weight is 318 g/mol. The van der Waals surface area contributed by atoms with Gasteiger partial charge < -0.3 is 10.1 Å². The standard InChI is InChI=1S/C17H16ClNO3/c1-11-9-14(18)5-8-16(11)22-10-17(21)19-15-6-3-13(4-7-15)12(2)20/h3-9H,10H2,1-2H3,(H,19,21). The maximum Gasteiger partial charge on any atom is 0.262 e. The lowest BCUT2D eigenvalue weighted by Gasteiger charge is -2.10. The summed E-state index contributed by atoms with van der Waals surface area (Å²) in [6, 6.07) is 11.9. The fraction of sp³-hybridized carbons (Fsp3) is 0.176. The smallest absolute Gasteiger partial charge is 0.262 e. The minimum Gasteiger partial charge on any atom is -0.483 e. The fourth-order valence-corrected chi connectivity index (χ4v) is 2.13. The molecule has 0 aromatic heterocycles. The number of amides is 1. The summed E-state index contributed by atoms with van der Waals surface area (Å²) in [6.45, 7) is 3.26. The molecule has 0 atom stereocenters. The molecule has 0 spiro atoms. The molecular weight excluding hydrogens is 302 g/mol. The number of aryl methyl sites for hydroxylation is 1. The van der Waals surface area contributed by atoms with Crippen molar-refractivity contribution in [1.29, 1.82) is 0 Å². The highest BCUT2D eigenvalue weighted by molar-refractivity contribution is 6.30. The second kappa shape index (κ2) is 7.09. The molecule has 0 saturated heterocycles. The number of hydrogen-bond acceptors (Lipinski definition) is 3. The lowest BCUT2D eigenvalue weighted by molar-refractivity contribution is -0.118. The highest BCUT2D eigenvalue weighted by atomic mass is 35.5. The molecule has 0 aliphatic rings. The zero-order valence-corrected chi connectivity index (χ0v) is 13.1. The Hall–Kier alpha value is -2.33. The maximum atomic E-state index is 11.9. The second-order valence-corrected chi connectivity index (χ2v) is 5.32. The molecule has 22 heavy (non-hydrogen) atoms. The van der Waals surface area contributed by atoms with E-state index in [1.54, 1.807) is 42.5 Å². The summed E-state index contributed by atoms with van der Waals surface area (Å²) in [4.78, 5) is 23.0. The van der Waals surface area contributed by atoms with Gasteiger partial charge in [-0.25, -0.2) is 0 Å². The topological polar surface area (TPSA) is 55.4 Å². The number of Topliss-reactive ketones (excluding diaryl/α,β-unsaturated/α-hetero) is 1. The molecule has 1 amide bonds. The molecule has 0 fully saturated rings. The van der Waals surface area contributed by atoms with Crippen LogP contribution in [0.2, 0.25) is 5.02 Å². The number of ether oxygens (including phenoxy) is 1. The van der Waals surface area contributed by atoms with E-state index in [9.17, 15) is 9.59 Å². The van der Waals surface area contributed by atoms with Crippen LogP contribution in [0.3, 0.4) is 0 Å². The van der Waals surface area contributed by atoms with Crippen LogP contribution in [-0.4, -0.2) is 18.3 Å². The Kier molecular flexibility index (Phi) is 5.17. The van der Waals surface area contributed by atoms with Crippen LogP contribution in [0.15, 0.2) is 42.5 Å². The molecule has 0 saturated carbocycles. The third-order valence-electron chi connectivity index (χ3n) is 3.07. The number of nitrogens with one attached hydrogen (secondary N) is 1. The van der Waals surface area contributed by atoms with Gasteiger partial charge in [0.1, 0.15) is 5.75 Å². The van der Waals surface area contributed by atoms with Crippen molar-refractivity contribution in [2.75, 3.05) is 11.9 Å². The largest absolute Gasteiger partial charge is 0.483 e. The van der Waals surface area contributed by atoms with Crippen molar-refractivity contribution >= 4 is 29.0 Å². The van der Waals surface area contributed by atoms with Crippen LogP contribution in [0.25, 0.3) is 0 Å². The van der Waals surface area contributed by atoms with Crippen molar-refractivity contribution in [3.8, 4) is 5.75 Å². The van der Waals surface area contributed by atoms with Crippen LogP contribution < -0.4 is 10.1 Å². The van der Waals surface area contributed by atoms with Crippen molar-refractivity contribution in [3.05, 3.63) is 58.6 Å². The Morgan fingerprint density at radius 1 is 1.14 bits per heavy atom. The zero-order valence-electron chi connectivity index (χ0n) is 12.4. The predicted molar refractivity (Wildman–Crippen MR) is 86.8 cm³/mol. The molecule has 2 rings (SSSR count). The van der Waals surface area contributed by atoms with Crippen molar-refractivity contribution in [3.63, 3.8) is 0 Å². The summed E-state index contributed by atoms with van der Waals surface area (Å²) < 4.78 is 5.46. The fourth-order valence-electron chi connectivity index (χ4n) is 1.90. The summed E-state index contributed by atoms with van der Waals surface area (Å²) in [5.74, 6) is 0.329. The molecule has 0 aliphatic heterocycles. The number of anilines is 1. The van der Waals surface area contributed by atoms with Gasteiger partial charge in [0.15, 0.2) is 12.4 Å². The van der Waals surface area contributed by atoms with Crippen LogP contribution in [0.4, 0.5) is 5.69 Å². The molecule has 0 unspecified atom stereocenters. The van der Waals surface area contributed by atoms with Crippen LogP contribution in [0.5, 0.6) is 5.75 Å². The Bertz CT molecular complexity index is 696. The third-order valence-corrected chi connectivity index (χ3v) is 3.31. The molecule has 0 bridgehead atoms. The van der Waals surface area contributed by atoms with Crippen molar-refractivity contribution in [2.24, 2.45) is 0 Å². The lowest BCUT2D eigenvalue weighted by atomic mass is 10.1. The highest BCUT2D eigenvalue weighted by Gasteiger charge is 2.06. The van der Waals surface area contributed by atoms with E-state index in [2.05, 4.69) is 5.32 Å². The van der Waals surface area contributed by atoms with E-state index >= 15 is 0 Å². The van der Waals surface area contributed by atoms with Gasteiger partial charge in [0.25, 0.3) is 5.91 Å². The summed E-state index contributed by atoms with van der Waals surface area (Å²) >= 11 is 5.86. The number of rotatable bonds is 5. The monoisotopic (exact) mass is 317 g/mol. The summed E-state index contributed by atoms with van der Waals surface area (Å²) in [7, 11) is 0. The van der Waals surface area contributed by atoms with E-state index in [1.807, 2.05) is 6.92 Å². The first-order valence-electron chi connectivity index (χ1n) is 6.75. The number of ketones is 1. The normalized spacial score (nSPS) is 10.1. The first-order chi connectivity index (χ1) is 10.5. The van der Waals surface area contributed by atoms with Gasteiger partial charge in [0, 0.05) is 16.3 Å². The van der Waals surface area contributed by atoms with E-state index < -0.39 is 0 Å². The van der Waals surface area contributed by atoms with Crippen LogP contribution >= 0.6 is 11.6 Å². The number of halogens is 1. The molecule has 0 radical (unpaired) electrons. The highest BCUT2D eigenvalue weighted by Crippen LogP contribution is 2.21. The lowest BCUT2D eigenvalue weighted by Crippen LogP contribution is -2.20. The predicted octanol–water partition coefficient (Wildman–Crippen LogP) is 3.87. The SMILES string of the molecule is CC(=O)c1ccc(NC(=O)COc2ccc(Cl)cc2C)cc1. The minimum absolute atomic E-state index is 0.0144. The molecule has 0 heterocycles. The van der Waals surface area contributed by atoms with Gasteiger partial charge in [-0.3, -0.25) is 9.59 Å². The molecule has 0 aliphatic carbocycles. The minimum atomic E-state index is -0.273. The first kappa shape index (κ1) is 16.0. The summed E-state index contributed by atoms with van der Waals surface area (Å²) in [5, 5.41) is 3.33. The van der Waals surface area contributed by atoms with E-state index in [1.165, 1.54) is 6.92 Å². The molecule has 1 N–H and O–H groups in total. The Balaban J connectivity index is 1.91. The summed E-state index contributed by atoms with van der Waals surface area (Å²) in [6.07, 6.45) is 0. The molecule has 4 nitrogen and oxygen atoms in total. The second-order valence-electron chi connectivity index (χ2n) is 4.88. The average Bonchev–Trinajstić information content (AvgIpc) is 2.47. The van der Waals surface area contributed by atoms with Gasteiger partial charge in [-0.15, -0.1) is 0 Å². The molecule has 5 heteroatoms. The molecule has 2 aromatic rings. The maximum absolute atomic E-state index is 11.9. The van der Waals surface area contributed by atoms with Gasteiger partial charge in [-0.05, 0) is 61.9 Å². The van der Waals surface area contributed by atoms with Crippen molar-refractivity contribution < 1.29 is 14.3 Å². The number of benzene rings is 2. The Labute approximate surface area is 134 Å². The van der Waals surface area contributed by atoms with Gasteiger partial charge >= 0.3 is 0 Å². The van der Waals surface area contributed by atoms with Crippen molar-refractivity contribution in [1.82, 2.24) is 0 Å². The van der Waals surface area contributed by atoms with Gasteiger partial charge in [-0.1, -0.05) is 11.6 Å². The van der Waals surface area contributed by atoms with E-state index in [0.29, 0.717) is 22.0 Å². The quantitative estimate of drug-likeness (QED) is 0.852. The van der Waals surface area contributed by atoms with Crippen LogP contribution in [0.1, 0.15) is 22.8 Å². The molecule has 114 valence electrons. The first-order valence-corrected chi connectivity index (χ1v) is 7.13.